The van der Waals surface area contributed by atoms with Crippen molar-refractivity contribution in [3.63, 3.8) is 0 Å². The Hall–Kier alpha value is -1.79. The largest absolute Gasteiger partial charge is 0.504 e. The van der Waals surface area contributed by atoms with Crippen LogP contribution in [0.15, 0.2) is 18.2 Å². The number of esters is 1. The van der Waals surface area contributed by atoms with Crippen LogP contribution in [0.25, 0.3) is 0 Å². The zero-order valence-electron chi connectivity index (χ0n) is 12.1. The maximum Gasteiger partial charge on any atom is 0.344 e. The molecule has 0 aliphatic carbocycles. The highest BCUT2D eigenvalue weighted by Crippen LogP contribution is 2.32. The van der Waals surface area contributed by atoms with Crippen molar-refractivity contribution in [1.29, 1.82) is 0 Å². The Morgan fingerprint density at radius 1 is 1.35 bits per heavy atom. The van der Waals surface area contributed by atoms with E-state index < -0.39 is 17.2 Å². The summed E-state index contributed by atoms with van der Waals surface area (Å²) in [7, 11) is 1.37. The second-order valence-corrected chi connectivity index (χ2v) is 5.45. The first-order valence-corrected chi connectivity index (χ1v) is 6.17. The van der Waals surface area contributed by atoms with E-state index in [0.717, 1.165) is 0 Å². The van der Waals surface area contributed by atoms with Crippen molar-refractivity contribution in [2.24, 2.45) is 5.73 Å². The molecule has 0 saturated carbocycles. The number of benzene rings is 1. The molecule has 0 spiro atoms. The van der Waals surface area contributed by atoms with E-state index in [2.05, 4.69) is 0 Å². The Bertz CT molecular complexity index is 495. The second kappa shape index (κ2) is 5.68. The molecule has 0 aromatic heterocycles. The average molecular weight is 283 g/mol. The number of rotatable bonds is 4. The van der Waals surface area contributed by atoms with E-state index in [0.29, 0.717) is 0 Å². The van der Waals surface area contributed by atoms with Gasteiger partial charge < -0.3 is 25.4 Å². The molecular formula is C14H21NO5. The van der Waals surface area contributed by atoms with Crippen molar-refractivity contribution in [2.75, 3.05) is 13.7 Å². The van der Waals surface area contributed by atoms with E-state index in [1.165, 1.54) is 25.3 Å². The number of ether oxygens (including phenoxy) is 2. The molecule has 20 heavy (non-hydrogen) atoms. The number of nitrogens with two attached hydrogens (primary N) is 1. The molecule has 0 saturated heterocycles. The van der Waals surface area contributed by atoms with Gasteiger partial charge in [-0.15, -0.1) is 0 Å². The van der Waals surface area contributed by atoms with Gasteiger partial charge in [0.2, 0.25) is 0 Å². The number of aliphatic hydroxyl groups is 1. The van der Waals surface area contributed by atoms with Crippen LogP contribution in [0.4, 0.5) is 0 Å². The predicted molar refractivity (Wildman–Crippen MR) is 73.5 cm³/mol. The lowest BCUT2D eigenvalue weighted by Crippen LogP contribution is -2.46. The maximum atomic E-state index is 12.1. The van der Waals surface area contributed by atoms with E-state index >= 15 is 0 Å². The molecule has 1 atom stereocenters. The van der Waals surface area contributed by atoms with Gasteiger partial charge in [0.25, 0.3) is 0 Å². The number of hydrogen-bond donors (Lipinski definition) is 3. The standard InChI is InChI=1S/C14H21NO5/c1-13(2,3)20-12(17)14(18,8-15)9-5-6-10(16)11(7-9)19-4/h5-7,16,18H,8,15H2,1-4H3. The van der Waals surface area contributed by atoms with Crippen LogP contribution in [0.2, 0.25) is 0 Å². The third-order valence-corrected chi connectivity index (χ3v) is 2.69. The number of phenols is 1. The van der Waals surface area contributed by atoms with Gasteiger partial charge >= 0.3 is 5.97 Å². The van der Waals surface area contributed by atoms with Crippen molar-refractivity contribution >= 4 is 5.97 Å². The molecule has 0 bridgehead atoms. The Labute approximate surface area is 118 Å². The second-order valence-electron chi connectivity index (χ2n) is 5.45. The summed E-state index contributed by atoms with van der Waals surface area (Å²) < 4.78 is 10.1. The fourth-order valence-electron chi connectivity index (χ4n) is 1.62. The van der Waals surface area contributed by atoms with Crippen LogP contribution in [0.3, 0.4) is 0 Å². The summed E-state index contributed by atoms with van der Waals surface area (Å²) in [6.07, 6.45) is 0. The number of aromatic hydroxyl groups is 1. The van der Waals surface area contributed by atoms with Gasteiger partial charge in [0, 0.05) is 12.1 Å². The molecule has 0 aliphatic rings. The molecule has 0 aliphatic heterocycles. The lowest BCUT2D eigenvalue weighted by Gasteiger charge is -2.29. The van der Waals surface area contributed by atoms with E-state index in [-0.39, 0.29) is 23.6 Å². The summed E-state index contributed by atoms with van der Waals surface area (Å²) in [5.74, 6) is -0.807. The fraction of sp³-hybridized carbons (Fsp3) is 0.500. The van der Waals surface area contributed by atoms with Crippen molar-refractivity contribution in [3.8, 4) is 11.5 Å². The summed E-state index contributed by atoms with van der Waals surface area (Å²) in [5, 5.41) is 20.0. The molecule has 4 N–H and O–H groups in total. The smallest absolute Gasteiger partial charge is 0.344 e. The van der Waals surface area contributed by atoms with Gasteiger partial charge in [-0.3, -0.25) is 0 Å². The first-order chi connectivity index (χ1) is 9.14. The number of carbonyl (C=O) groups is 1. The Balaban J connectivity index is 3.19. The zero-order valence-corrected chi connectivity index (χ0v) is 12.1. The zero-order chi connectivity index (χ0) is 15.6. The highest BCUT2D eigenvalue weighted by Gasteiger charge is 2.40. The van der Waals surface area contributed by atoms with E-state index in [1.54, 1.807) is 20.8 Å². The topological polar surface area (TPSA) is 102 Å². The number of phenolic OH excluding ortho intramolecular Hbond substituents is 1. The van der Waals surface area contributed by atoms with Crippen molar-refractivity contribution in [1.82, 2.24) is 0 Å². The summed E-state index contributed by atoms with van der Waals surface area (Å²) in [4.78, 5) is 12.1. The minimum absolute atomic E-state index is 0.0974. The van der Waals surface area contributed by atoms with Gasteiger partial charge in [-0.2, -0.15) is 0 Å². The van der Waals surface area contributed by atoms with Gasteiger partial charge in [0.1, 0.15) is 5.60 Å². The lowest BCUT2D eigenvalue weighted by atomic mass is 9.93. The van der Waals surface area contributed by atoms with Crippen LogP contribution in [0.1, 0.15) is 26.3 Å². The number of carbonyl (C=O) groups excluding carboxylic acids is 1. The number of hydrogen-bond acceptors (Lipinski definition) is 6. The Kier molecular flexibility index (Phi) is 4.62. The van der Waals surface area contributed by atoms with Crippen LogP contribution in [-0.4, -0.2) is 35.4 Å². The molecule has 1 aromatic carbocycles. The van der Waals surface area contributed by atoms with Crippen molar-refractivity contribution in [2.45, 2.75) is 32.0 Å². The fourth-order valence-corrected chi connectivity index (χ4v) is 1.62. The summed E-state index contributed by atoms with van der Waals surface area (Å²) in [5.41, 5.74) is 2.99. The molecule has 1 unspecified atom stereocenters. The monoisotopic (exact) mass is 283 g/mol. The van der Waals surface area contributed by atoms with Gasteiger partial charge in [-0.25, -0.2) is 4.79 Å². The van der Waals surface area contributed by atoms with Crippen LogP contribution in [0, 0.1) is 0 Å². The lowest BCUT2D eigenvalue weighted by molar-refractivity contribution is -0.177. The van der Waals surface area contributed by atoms with E-state index in [1.807, 2.05) is 0 Å². The highest BCUT2D eigenvalue weighted by molar-refractivity contribution is 5.82. The molecule has 1 aromatic rings. The molecule has 6 nitrogen and oxygen atoms in total. The highest BCUT2D eigenvalue weighted by atomic mass is 16.6. The Morgan fingerprint density at radius 2 is 1.95 bits per heavy atom. The van der Waals surface area contributed by atoms with E-state index in [4.69, 9.17) is 15.2 Å². The normalized spacial score (nSPS) is 14.5. The maximum absolute atomic E-state index is 12.1. The van der Waals surface area contributed by atoms with Crippen LogP contribution >= 0.6 is 0 Å². The van der Waals surface area contributed by atoms with Gasteiger partial charge in [-0.05, 0) is 32.9 Å². The molecule has 1 rings (SSSR count). The average Bonchev–Trinajstić information content (AvgIpc) is 2.36. The summed E-state index contributed by atoms with van der Waals surface area (Å²) >= 11 is 0. The van der Waals surface area contributed by atoms with Gasteiger partial charge in [0.05, 0.1) is 7.11 Å². The number of methoxy groups -OCH3 is 1. The summed E-state index contributed by atoms with van der Waals surface area (Å²) in [6.45, 7) is 4.73. The van der Waals surface area contributed by atoms with Gasteiger partial charge in [-0.1, -0.05) is 6.07 Å². The molecule has 0 amide bonds. The molecule has 0 fully saturated rings. The Morgan fingerprint density at radius 3 is 2.40 bits per heavy atom. The van der Waals surface area contributed by atoms with Crippen LogP contribution < -0.4 is 10.5 Å². The molecular weight excluding hydrogens is 262 g/mol. The van der Waals surface area contributed by atoms with Crippen LogP contribution in [-0.2, 0) is 15.1 Å². The first kappa shape index (κ1) is 16.3. The molecule has 6 heteroatoms. The minimum Gasteiger partial charge on any atom is -0.504 e. The third kappa shape index (κ3) is 3.40. The molecule has 0 heterocycles. The molecule has 0 radical (unpaired) electrons. The third-order valence-electron chi connectivity index (χ3n) is 2.69. The minimum atomic E-state index is -1.99. The van der Waals surface area contributed by atoms with Crippen molar-refractivity contribution in [3.05, 3.63) is 23.8 Å². The van der Waals surface area contributed by atoms with E-state index in [9.17, 15) is 15.0 Å². The first-order valence-electron chi connectivity index (χ1n) is 6.17. The summed E-state index contributed by atoms with van der Waals surface area (Å²) in [6, 6.07) is 4.07. The molecule has 112 valence electrons. The van der Waals surface area contributed by atoms with Crippen LogP contribution in [0.5, 0.6) is 11.5 Å². The SMILES string of the molecule is COc1cc(C(O)(CN)C(=O)OC(C)(C)C)ccc1O. The van der Waals surface area contributed by atoms with Gasteiger partial charge in [0.15, 0.2) is 17.1 Å². The predicted octanol–water partition coefficient (Wildman–Crippen LogP) is 0.889. The van der Waals surface area contributed by atoms with Crippen molar-refractivity contribution < 1.29 is 24.5 Å². The quantitative estimate of drug-likeness (QED) is 0.709.